The predicted molar refractivity (Wildman–Crippen MR) is 75.8 cm³/mol. The molecule has 0 unspecified atom stereocenters. The lowest BCUT2D eigenvalue weighted by molar-refractivity contribution is -0.144. The molecule has 1 N–H and O–H groups in total. The van der Waals surface area contributed by atoms with E-state index in [4.69, 9.17) is 9.84 Å². The van der Waals surface area contributed by atoms with Gasteiger partial charge in [-0.1, -0.05) is 6.92 Å². The van der Waals surface area contributed by atoms with Gasteiger partial charge in [0.25, 0.3) is 0 Å². The molecule has 18 heavy (non-hydrogen) atoms. The van der Waals surface area contributed by atoms with Crippen LogP contribution in [0.2, 0.25) is 0 Å². The van der Waals surface area contributed by atoms with Crippen LogP contribution in [-0.2, 0) is 4.79 Å². The van der Waals surface area contributed by atoms with E-state index in [-0.39, 0.29) is 11.5 Å². The van der Waals surface area contributed by atoms with Crippen molar-refractivity contribution in [3.05, 3.63) is 27.3 Å². The molecule has 0 bridgehead atoms. The zero-order chi connectivity index (χ0) is 13.9. The molecule has 0 saturated carbocycles. The van der Waals surface area contributed by atoms with E-state index in [2.05, 4.69) is 0 Å². The van der Waals surface area contributed by atoms with E-state index >= 15 is 0 Å². The fourth-order valence-electron chi connectivity index (χ4n) is 1.10. The number of benzene rings is 1. The van der Waals surface area contributed by atoms with Crippen molar-refractivity contribution in [1.82, 2.24) is 0 Å². The molecule has 1 aromatic rings. The van der Waals surface area contributed by atoms with Crippen molar-refractivity contribution in [3.63, 3.8) is 0 Å². The molecular formula is C13H15IO4. The summed E-state index contributed by atoms with van der Waals surface area (Å²) in [5.74, 6) is -0.919. The first-order chi connectivity index (χ1) is 8.27. The largest absolute Gasteiger partial charge is 0.478 e. The van der Waals surface area contributed by atoms with Gasteiger partial charge in [-0.05, 0) is 61.1 Å². The Balaban J connectivity index is 2.93. The maximum atomic E-state index is 11.9. The zero-order valence-corrected chi connectivity index (χ0v) is 12.6. The molecular weight excluding hydrogens is 347 g/mol. The van der Waals surface area contributed by atoms with Gasteiger partial charge in [0.15, 0.2) is 0 Å². The molecule has 0 spiro atoms. The molecule has 0 saturated heterocycles. The molecule has 0 amide bonds. The summed E-state index contributed by atoms with van der Waals surface area (Å²) in [6, 6.07) is 4.41. The van der Waals surface area contributed by atoms with E-state index in [1.165, 1.54) is 18.2 Å². The number of aromatic carboxylic acids is 1. The highest BCUT2D eigenvalue weighted by atomic mass is 127. The van der Waals surface area contributed by atoms with Crippen LogP contribution in [0.5, 0.6) is 5.75 Å². The number of hydrogen-bond acceptors (Lipinski definition) is 3. The van der Waals surface area contributed by atoms with Crippen LogP contribution >= 0.6 is 22.6 Å². The minimum absolute atomic E-state index is 0.175. The van der Waals surface area contributed by atoms with Gasteiger partial charge in [0.05, 0.1) is 14.5 Å². The van der Waals surface area contributed by atoms with Crippen molar-refractivity contribution in [1.29, 1.82) is 0 Å². The summed E-state index contributed by atoms with van der Waals surface area (Å²) in [6.07, 6.45) is 0.676. The van der Waals surface area contributed by atoms with Crippen LogP contribution in [0.25, 0.3) is 0 Å². The lowest BCUT2D eigenvalue weighted by Gasteiger charge is -2.20. The minimum atomic E-state index is -1.00. The number of rotatable bonds is 4. The summed E-state index contributed by atoms with van der Waals surface area (Å²) in [6.45, 7) is 5.54. The van der Waals surface area contributed by atoms with Gasteiger partial charge in [-0.15, -0.1) is 0 Å². The Labute approximate surface area is 119 Å². The summed E-state index contributed by atoms with van der Waals surface area (Å²) >= 11 is 1.95. The first kappa shape index (κ1) is 14.9. The third-order valence-electron chi connectivity index (χ3n) is 2.82. The number of ether oxygens (including phenoxy) is 1. The van der Waals surface area contributed by atoms with Crippen LogP contribution < -0.4 is 4.74 Å². The molecule has 0 aromatic heterocycles. The van der Waals surface area contributed by atoms with Crippen LogP contribution in [0.3, 0.4) is 0 Å². The number of hydrogen-bond donors (Lipinski definition) is 1. The van der Waals surface area contributed by atoms with Crippen LogP contribution in [0.4, 0.5) is 0 Å². The van der Waals surface area contributed by atoms with Crippen LogP contribution in [-0.4, -0.2) is 17.0 Å². The molecule has 4 nitrogen and oxygen atoms in total. The highest BCUT2D eigenvalue weighted by molar-refractivity contribution is 14.1. The molecule has 0 aliphatic carbocycles. The summed E-state index contributed by atoms with van der Waals surface area (Å²) in [7, 11) is 0. The molecule has 0 atom stereocenters. The van der Waals surface area contributed by atoms with Crippen LogP contribution in [0.15, 0.2) is 18.2 Å². The normalized spacial score (nSPS) is 11.1. The van der Waals surface area contributed by atoms with Crippen molar-refractivity contribution >= 4 is 34.5 Å². The molecule has 0 radical (unpaired) electrons. The first-order valence-electron chi connectivity index (χ1n) is 5.53. The van der Waals surface area contributed by atoms with Gasteiger partial charge in [0.1, 0.15) is 5.75 Å². The SMILES string of the molecule is CCC(C)(C)C(=O)Oc1ccc(C(=O)O)cc1I. The predicted octanol–water partition coefficient (Wildman–Crippen LogP) is 3.33. The third kappa shape index (κ3) is 3.44. The minimum Gasteiger partial charge on any atom is -0.478 e. The average molecular weight is 362 g/mol. The van der Waals surface area contributed by atoms with Crippen molar-refractivity contribution in [2.24, 2.45) is 5.41 Å². The number of carbonyl (C=O) groups excluding carboxylic acids is 1. The van der Waals surface area contributed by atoms with E-state index in [9.17, 15) is 9.59 Å². The Hall–Kier alpha value is -1.11. The van der Waals surface area contributed by atoms with Crippen molar-refractivity contribution in [2.45, 2.75) is 27.2 Å². The summed E-state index contributed by atoms with van der Waals surface area (Å²) in [4.78, 5) is 22.7. The fourth-order valence-corrected chi connectivity index (χ4v) is 1.72. The smallest absolute Gasteiger partial charge is 0.335 e. The Morgan fingerprint density at radius 3 is 2.44 bits per heavy atom. The van der Waals surface area contributed by atoms with Gasteiger partial charge < -0.3 is 9.84 Å². The lowest BCUT2D eigenvalue weighted by Crippen LogP contribution is -2.28. The van der Waals surface area contributed by atoms with Gasteiger partial charge in [-0.25, -0.2) is 4.79 Å². The molecule has 0 fully saturated rings. The first-order valence-corrected chi connectivity index (χ1v) is 6.61. The summed E-state index contributed by atoms with van der Waals surface area (Å²) in [5.41, 5.74) is -0.372. The van der Waals surface area contributed by atoms with Gasteiger partial charge in [-0.2, -0.15) is 0 Å². The molecule has 0 aliphatic rings. The molecule has 0 aliphatic heterocycles. The highest BCUT2D eigenvalue weighted by Gasteiger charge is 2.28. The Morgan fingerprint density at radius 2 is 2.00 bits per heavy atom. The van der Waals surface area contributed by atoms with E-state index in [1.807, 2.05) is 43.4 Å². The number of halogens is 1. The number of carboxylic acid groups (broad SMARTS) is 1. The van der Waals surface area contributed by atoms with E-state index in [0.717, 1.165) is 0 Å². The second kappa shape index (κ2) is 5.69. The highest BCUT2D eigenvalue weighted by Crippen LogP contribution is 2.27. The Bertz CT molecular complexity index is 480. The quantitative estimate of drug-likeness (QED) is 0.507. The monoisotopic (exact) mass is 362 g/mol. The van der Waals surface area contributed by atoms with Gasteiger partial charge in [-0.3, -0.25) is 4.79 Å². The Morgan fingerprint density at radius 1 is 1.39 bits per heavy atom. The lowest BCUT2D eigenvalue weighted by atomic mass is 9.91. The van der Waals surface area contributed by atoms with Crippen molar-refractivity contribution < 1.29 is 19.4 Å². The van der Waals surface area contributed by atoms with E-state index < -0.39 is 11.4 Å². The third-order valence-corrected chi connectivity index (χ3v) is 3.66. The average Bonchev–Trinajstić information content (AvgIpc) is 2.31. The Kier molecular flexibility index (Phi) is 4.72. The van der Waals surface area contributed by atoms with Gasteiger partial charge in [0.2, 0.25) is 0 Å². The maximum Gasteiger partial charge on any atom is 0.335 e. The molecule has 1 rings (SSSR count). The standard InChI is InChI=1S/C13H15IO4/c1-4-13(2,3)12(17)18-10-6-5-8(11(15)16)7-9(10)14/h5-7H,4H2,1-3H3,(H,15,16). The fraction of sp³-hybridized carbons (Fsp3) is 0.385. The second-order valence-electron chi connectivity index (χ2n) is 4.58. The molecule has 5 heteroatoms. The molecule has 0 heterocycles. The van der Waals surface area contributed by atoms with E-state index in [0.29, 0.717) is 15.7 Å². The summed E-state index contributed by atoms with van der Waals surface area (Å²) in [5, 5.41) is 8.84. The summed E-state index contributed by atoms with van der Waals surface area (Å²) < 4.78 is 5.90. The molecule has 1 aromatic carbocycles. The van der Waals surface area contributed by atoms with Crippen LogP contribution in [0, 0.1) is 8.99 Å². The maximum absolute atomic E-state index is 11.9. The number of carbonyl (C=O) groups is 2. The van der Waals surface area contributed by atoms with Gasteiger partial charge in [0, 0.05) is 0 Å². The topological polar surface area (TPSA) is 63.6 Å². The number of carboxylic acids is 1. The molecule has 98 valence electrons. The van der Waals surface area contributed by atoms with Crippen LogP contribution in [0.1, 0.15) is 37.6 Å². The van der Waals surface area contributed by atoms with Gasteiger partial charge >= 0.3 is 11.9 Å². The second-order valence-corrected chi connectivity index (χ2v) is 5.74. The van der Waals surface area contributed by atoms with Crippen molar-refractivity contribution in [3.8, 4) is 5.75 Å². The zero-order valence-electron chi connectivity index (χ0n) is 10.5. The number of esters is 1. The van der Waals surface area contributed by atoms with Crippen molar-refractivity contribution in [2.75, 3.05) is 0 Å². The van der Waals surface area contributed by atoms with E-state index in [1.54, 1.807) is 0 Å².